The number of esters is 1. The van der Waals surface area contributed by atoms with Gasteiger partial charge in [-0.1, -0.05) is 60.7 Å². The Morgan fingerprint density at radius 1 is 0.931 bits per heavy atom. The SMILES string of the molecule is C[C@@H](OC(=O)/C=C/c1ccc(F)cc1)C(=O)Nc1ccccc1-c1ccccc1. The van der Waals surface area contributed by atoms with Crippen molar-refractivity contribution in [1.82, 2.24) is 0 Å². The van der Waals surface area contributed by atoms with Crippen molar-refractivity contribution >= 4 is 23.6 Å². The quantitative estimate of drug-likeness (QED) is 0.473. The molecule has 0 unspecified atom stereocenters. The topological polar surface area (TPSA) is 55.4 Å². The number of halogens is 1. The summed E-state index contributed by atoms with van der Waals surface area (Å²) in [7, 11) is 0. The molecule has 0 aliphatic rings. The molecule has 0 radical (unpaired) electrons. The minimum Gasteiger partial charge on any atom is -0.449 e. The van der Waals surface area contributed by atoms with Crippen LogP contribution in [0.1, 0.15) is 12.5 Å². The first-order valence-corrected chi connectivity index (χ1v) is 9.12. The van der Waals surface area contributed by atoms with Gasteiger partial charge in [-0.15, -0.1) is 0 Å². The predicted molar refractivity (Wildman–Crippen MR) is 111 cm³/mol. The lowest BCUT2D eigenvalue weighted by molar-refractivity contribution is -0.148. The highest BCUT2D eigenvalue weighted by Gasteiger charge is 2.18. The number of benzene rings is 3. The van der Waals surface area contributed by atoms with Crippen LogP contribution in [-0.4, -0.2) is 18.0 Å². The molecular weight excluding hydrogens is 369 g/mol. The van der Waals surface area contributed by atoms with Gasteiger partial charge < -0.3 is 10.1 Å². The van der Waals surface area contributed by atoms with Gasteiger partial charge >= 0.3 is 5.97 Å². The molecule has 1 N–H and O–H groups in total. The highest BCUT2D eigenvalue weighted by atomic mass is 19.1. The molecule has 0 aliphatic heterocycles. The fraction of sp³-hybridized carbons (Fsp3) is 0.0833. The Hall–Kier alpha value is -3.73. The maximum absolute atomic E-state index is 12.9. The van der Waals surface area contributed by atoms with Gasteiger partial charge in [-0.2, -0.15) is 0 Å². The van der Waals surface area contributed by atoms with Crippen molar-refractivity contribution < 1.29 is 18.7 Å². The predicted octanol–water partition coefficient (Wildman–Crippen LogP) is 5.08. The first kappa shape index (κ1) is 20.0. The van der Waals surface area contributed by atoms with E-state index in [0.29, 0.717) is 11.3 Å². The van der Waals surface area contributed by atoms with Crippen molar-refractivity contribution in [3.05, 3.63) is 96.3 Å². The summed E-state index contributed by atoms with van der Waals surface area (Å²) in [6.07, 6.45) is 1.72. The molecule has 0 aromatic heterocycles. The van der Waals surface area contributed by atoms with Crippen LogP contribution in [0.5, 0.6) is 0 Å². The zero-order chi connectivity index (χ0) is 20.6. The summed E-state index contributed by atoms with van der Waals surface area (Å²) in [4.78, 5) is 24.5. The molecule has 0 saturated carbocycles. The van der Waals surface area contributed by atoms with E-state index in [1.54, 1.807) is 6.07 Å². The number of para-hydroxylation sites is 1. The van der Waals surface area contributed by atoms with Crippen LogP contribution in [0.15, 0.2) is 84.9 Å². The molecule has 1 atom stereocenters. The summed E-state index contributed by atoms with van der Waals surface area (Å²) in [6.45, 7) is 1.50. The maximum Gasteiger partial charge on any atom is 0.331 e. The van der Waals surface area contributed by atoms with E-state index in [2.05, 4.69) is 5.32 Å². The third kappa shape index (κ3) is 5.62. The Bertz CT molecular complexity index is 1010. The van der Waals surface area contributed by atoms with Gasteiger partial charge in [-0.05, 0) is 42.3 Å². The molecule has 0 bridgehead atoms. The molecular formula is C24H20FNO3. The molecule has 5 heteroatoms. The normalized spacial score (nSPS) is 11.8. The van der Waals surface area contributed by atoms with E-state index in [0.717, 1.165) is 11.1 Å². The molecule has 0 saturated heterocycles. The van der Waals surface area contributed by atoms with Crippen LogP contribution in [0, 0.1) is 5.82 Å². The van der Waals surface area contributed by atoms with E-state index in [4.69, 9.17) is 4.74 Å². The van der Waals surface area contributed by atoms with Crippen molar-refractivity contribution in [2.45, 2.75) is 13.0 Å². The average molecular weight is 389 g/mol. The Balaban J connectivity index is 1.62. The van der Waals surface area contributed by atoms with Gasteiger partial charge in [0.2, 0.25) is 0 Å². The maximum atomic E-state index is 12.9. The van der Waals surface area contributed by atoms with Crippen molar-refractivity contribution in [1.29, 1.82) is 0 Å². The number of hydrogen-bond acceptors (Lipinski definition) is 3. The third-order valence-electron chi connectivity index (χ3n) is 4.21. The molecule has 4 nitrogen and oxygen atoms in total. The third-order valence-corrected chi connectivity index (χ3v) is 4.21. The van der Waals surface area contributed by atoms with Crippen LogP contribution >= 0.6 is 0 Å². The molecule has 0 fully saturated rings. The fourth-order valence-electron chi connectivity index (χ4n) is 2.70. The number of amides is 1. The van der Waals surface area contributed by atoms with Crippen LogP contribution in [0.25, 0.3) is 17.2 Å². The molecule has 3 aromatic carbocycles. The first-order chi connectivity index (χ1) is 14.0. The summed E-state index contributed by atoms with van der Waals surface area (Å²) in [5.74, 6) is -1.45. The van der Waals surface area contributed by atoms with Crippen LogP contribution in [0.4, 0.5) is 10.1 Å². The Kier molecular flexibility index (Phi) is 6.53. The van der Waals surface area contributed by atoms with Crippen LogP contribution in [0.3, 0.4) is 0 Å². The lowest BCUT2D eigenvalue weighted by Gasteiger charge is -2.15. The minimum atomic E-state index is -0.982. The number of carbonyl (C=O) groups excluding carboxylic acids is 2. The summed E-state index contributed by atoms with van der Waals surface area (Å²) in [5.41, 5.74) is 3.12. The molecule has 0 aliphatic carbocycles. The Labute approximate surface area is 168 Å². The molecule has 0 spiro atoms. The van der Waals surface area contributed by atoms with Crippen molar-refractivity contribution in [3.63, 3.8) is 0 Å². The second-order valence-electron chi connectivity index (χ2n) is 6.36. The molecule has 0 heterocycles. The van der Waals surface area contributed by atoms with Gasteiger partial charge in [-0.3, -0.25) is 4.79 Å². The largest absolute Gasteiger partial charge is 0.449 e. The highest BCUT2D eigenvalue weighted by Crippen LogP contribution is 2.27. The van der Waals surface area contributed by atoms with Crippen molar-refractivity contribution in [2.75, 3.05) is 5.32 Å². The standard InChI is InChI=1S/C24H20FNO3/c1-17(29-23(27)16-13-18-11-14-20(25)15-12-18)24(28)26-22-10-6-5-9-21(22)19-7-3-2-4-8-19/h2-17H,1H3,(H,26,28)/b16-13+/t17-/m1/s1. The Morgan fingerprint density at radius 3 is 2.31 bits per heavy atom. The highest BCUT2D eigenvalue weighted by molar-refractivity contribution is 5.99. The zero-order valence-corrected chi connectivity index (χ0v) is 15.8. The lowest BCUT2D eigenvalue weighted by atomic mass is 10.0. The average Bonchev–Trinajstić information content (AvgIpc) is 2.74. The number of carbonyl (C=O) groups is 2. The van der Waals surface area contributed by atoms with Crippen LogP contribution < -0.4 is 5.32 Å². The number of rotatable bonds is 6. The minimum absolute atomic E-state index is 0.356. The van der Waals surface area contributed by atoms with Gasteiger partial charge in [0.25, 0.3) is 5.91 Å². The second-order valence-corrected chi connectivity index (χ2v) is 6.36. The lowest BCUT2D eigenvalue weighted by Crippen LogP contribution is -2.29. The van der Waals surface area contributed by atoms with Crippen LogP contribution in [0.2, 0.25) is 0 Å². The second kappa shape index (κ2) is 9.46. The number of hydrogen-bond donors (Lipinski definition) is 1. The first-order valence-electron chi connectivity index (χ1n) is 9.12. The summed E-state index contributed by atoms with van der Waals surface area (Å²) >= 11 is 0. The van der Waals surface area contributed by atoms with E-state index in [1.165, 1.54) is 43.3 Å². The van der Waals surface area contributed by atoms with Gasteiger partial charge in [-0.25, -0.2) is 9.18 Å². The fourth-order valence-corrected chi connectivity index (χ4v) is 2.70. The van der Waals surface area contributed by atoms with Crippen molar-refractivity contribution in [2.24, 2.45) is 0 Å². The molecule has 1 amide bonds. The monoisotopic (exact) mass is 389 g/mol. The zero-order valence-electron chi connectivity index (χ0n) is 15.8. The molecule has 146 valence electrons. The van der Waals surface area contributed by atoms with E-state index >= 15 is 0 Å². The Morgan fingerprint density at radius 2 is 1.59 bits per heavy atom. The number of nitrogens with one attached hydrogen (secondary N) is 1. The van der Waals surface area contributed by atoms with E-state index < -0.39 is 18.0 Å². The van der Waals surface area contributed by atoms with Gasteiger partial charge in [0.1, 0.15) is 5.82 Å². The van der Waals surface area contributed by atoms with E-state index in [1.807, 2.05) is 48.5 Å². The summed E-state index contributed by atoms with van der Waals surface area (Å²) in [6, 6.07) is 22.8. The van der Waals surface area contributed by atoms with Gasteiger partial charge in [0.05, 0.1) is 0 Å². The van der Waals surface area contributed by atoms with Gasteiger partial charge in [0.15, 0.2) is 6.10 Å². The van der Waals surface area contributed by atoms with Crippen molar-refractivity contribution in [3.8, 4) is 11.1 Å². The summed E-state index contributed by atoms with van der Waals surface area (Å²) in [5, 5.41) is 2.81. The molecule has 3 aromatic rings. The van der Waals surface area contributed by atoms with Crippen LogP contribution in [-0.2, 0) is 14.3 Å². The van der Waals surface area contributed by atoms with E-state index in [-0.39, 0.29) is 5.82 Å². The number of ether oxygens (including phenoxy) is 1. The van der Waals surface area contributed by atoms with Gasteiger partial charge in [0, 0.05) is 17.3 Å². The summed E-state index contributed by atoms with van der Waals surface area (Å²) < 4.78 is 18.1. The molecule has 3 rings (SSSR count). The van der Waals surface area contributed by atoms with E-state index in [9.17, 15) is 14.0 Å². The number of anilines is 1. The smallest absolute Gasteiger partial charge is 0.331 e. The molecule has 29 heavy (non-hydrogen) atoms.